The first kappa shape index (κ1) is 19.2. The van der Waals surface area contributed by atoms with E-state index in [0.717, 1.165) is 25.7 Å². The molecule has 7 heteroatoms. The Kier molecular flexibility index (Phi) is 5.98. The number of methoxy groups -OCH3 is 1. The summed E-state index contributed by atoms with van der Waals surface area (Å²) in [5, 5.41) is 2.77. The van der Waals surface area contributed by atoms with Crippen molar-refractivity contribution in [2.45, 2.75) is 38.1 Å². The molecule has 2 fully saturated rings. The van der Waals surface area contributed by atoms with E-state index in [4.69, 9.17) is 4.74 Å². The number of nitrogens with one attached hydrogen (secondary N) is 1. The van der Waals surface area contributed by atoms with E-state index in [1.807, 2.05) is 4.90 Å². The molecule has 3 amide bonds. The zero-order valence-electron chi connectivity index (χ0n) is 15.9. The van der Waals surface area contributed by atoms with Crippen molar-refractivity contribution in [3.8, 4) is 5.75 Å². The topological polar surface area (TPSA) is 79.0 Å². The molecule has 3 rings (SSSR count). The molecule has 0 spiro atoms. The van der Waals surface area contributed by atoms with Crippen LogP contribution in [0, 0.1) is 5.92 Å². The lowest BCUT2D eigenvalue weighted by Gasteiger charge is -2.25. The van der Waals surface area contributed by atoms with Crippen molar-refractivity contribution < 1.29 is 19.1 Å². The summed E-state index contributed by atoms with van der Waals surface area (Å²) in [6.45, 7) is 0.425. The molecule has 1 atom stereocenters. The molecule has 1 aliphatic carbocycles. The first-order valence-corrected chi connectivity index (χ1v) is 9.46. The minimum atomic E-state index is -0.354. The predicted molar refractivity (Wildman–Crippen MR) is 101 cm³/mol. The Bertz CT molecular complexity index is 715. The van der Waals surface area contributed by atoms with E-state index in [2.05, 4.69) is 5.32 Å². The highest BCUT2D eigenvalue weighted by Crippen LogP contribution is 2.30. The van der Waals surface area contributed by atoms with Crippen LogP contribution in [0.1, 0.15) is 32.1 Å². The molecule has 27 heavy (non-hydrogen) atoms. The predicted octanol–water partition coefficient (Wildman–Crippen LogP) is 1.88. The minimum Gasteiger partial charge on any atom is -0.497 e. The van der Waals surface area contributed by atoms with Crippen LogP contribution < -0.4 is 10.1 Å². The van der Waals surface area contributed by atoms with Crippen molar-refractivity contribution in [3.05, 3.63) is 24.3 Å². The lowest BCUT2D eigenvalue weighted by Crippen LogP contribution is -2.40. The number of hydrogen-bond acceptors (Lipinski definition) is 4. The Morgan fingerprint density at radius 1 is 1.30 bits per heavy atom. The fourth-order valence-electron chi connectivity index (χ4n) is 3.97. The fraction of sp³-hybridized carbons (Fsp3) is 0.550. The summed E-state index contributed by atoms with van der Waals surface area (Å²) < 4.78 is 5.13. The molecule has 0 radical (unpaired) electrons. The van der Waals surface area contributed by atoms with Crippen molar-refractivity contribution in [1.29, 1.82) is 0 Å². The third-order valence-corrected chi connectivity index (χ3v) is 5.38. The van der Waals surface area contributed by atoms with Crippen LogP contribution in [0.25, 0.3) is 0 Å². The van der Waals surface area contributed by atoms with Crippen LogP contribution in [0.3, 0.4) is 0 Å². The van der Waals surface area contributed by atoms with Gasteiger partial charge >= 0.3 is 0 Å². The molecule has 146 valence electrons. The number of likely N-dealkylation sites (N-methyl/N-ethyl adjacent to an activating group) is 1. The van der Waals surface area contributed by atoms with Crippen molar-refractivity contribution >= 4 is 23.4 Å². The van der Waals surface area contributed by atoms with Gasteiger partial charge in [-0.1, -0.05) is 18.9 Å². The molecule has 1 aromatic carbocycles. The first-order chi connectivity index (χ1) is 13.0. The van der Waals surface area contributed by atoms with Gasteiger partial charge in [0, 0.05) is 37.8 Å². The third-order valence-electron chi connectivity index (χ3n) is 5.38. The van der Waals surface area contributed by atoms with Crippen LogP contribution in [0.5, 0.6) is 5.75 Å². The molecule has 0 unspecified atom stereocenters. The van der Waals surface area contributed by atoms with E-state index in [1.54, 1.807) is 38.4 Å². The number of anilines is 1. The monoisotopic (exact) mass is 373 g/mol. The number of rotatable bonds is 6. The first-order valence-electron chi connectivity index (χ1n) is 9.46. The Hall–Kier alpha value is -2.57. The van der Waals surface area contributed by atoms with Gasteiger partial charge in [0.15, 0.2) is 0 Å². The molecule has 2 aliphatic rings. The minimum absolute atomic E-state index is 0.0514. The van der Waals surface area contributed by atoms with Gasteiger partial charge in [0.1, 0.15) is 5.75 Å². The zero-order chi connectivity index (χ0) is 19.4. The molecule has 0 bridgehead atoms. The molecule has 1 N–H and O–H groups in total. The van der Waals surface area contributed by atoms with E-state index in [0.29, 0.717) is 18.0 Å². The smallest absolute Gasteiger partial charge is 0.243 e. The highest BCUT2D eigenvalue weighted by atomic mass is 16.5. The van der Waals surface area contributed by atoms with Crippen LogP contribution >= 0.6 is 0 Å². The highest BCUT2D eigenvalue weighted by Gasteiger charge is 2.39. The molecule has 1 aromatic rings. The van der Waals surface area contributed by atoms with Crippen LogP contribution in [0.2, 0.25) is 0 Å². The molecule has 0 aromatic heterocycles. The van der Waals surface area contributed by atoms with Crippen LogP contribution in [0.4, 0.5) is 5.69 Å². The lowest BCUT2D eigenvalue weighted by molar-refractivity contribution is -0.137. The average molecular weight is 373 g/mol. The van der Waals surface area contributed by atoms with Crippen LogP contribution in [0.15, 0.2) is 24.3 Å². The van der Waals surface area contributed by atoms with Crippen molar-refractivity contribution in [3.63, 3.8) is 0 Å². The van der Waals surface area contributed by atoms with E-state index in [-0.39, 0.29) is 42.6 Å². The molecule has 1 heterocycles. The zero-order valence-corrected chi connectivity index (χ0v) is 15.9. The molecular weight excluding hydrogens is 346 g/mol. The number of likely N-dealkylation sites (tertiary alicyclic amines) is 1. The summed E-state index contributed by atoms with van der Waals surface area (Å²) in [5.74, 6) is -0.0726. The van der Waals surface area contributed by atoms with Gasteiger partial charge in [0.2, 0.25) is 17.7 Å². The van der Waals surface area contributed by atoms with E-state index in [1.165, 1.54) is 4.90 Å². The number of ether oxygens (including phenoxy) is 1. The average Bonchev–Trinajstić information content (AvgIpc) is 3.30. The Labute approximate surface area is 159 Å². The third kappa shape index (κ3) is 4.59. The number of carbonyl (C=O) groups excluding carboxylic acids is 3. The maximum atomic E-state index is 12.7. The second kappa shape index (κ2) is 8.41. The molecule has 1 saturated heterocycles. The van der Waals surface area contributed by atoms with Crippen molar-refractivity contribution in [2.75, 3.05) is 32.6 Å². The van der Waals surface area contributed by atoms with Gasteiger partial charge in [-0.2, -0.15) is 0 Å². The molecular formula is C20H27N3O4. The van der Waals surface area contributed by atoms with Gasteiger partial charge in [0.05, 0.1) is 19.6 Å². The maximum Gasteiger partial charge on any atom is 0.243 e. The number of carbonyl (C=O) groups is 3. The molecule has 7 nitrogen and oxygen atoms in total. The Morgan fingerprint density at radius 3 is 2.74 bits per heavy atom. The van der Waals surface area contributed by atoms with Gasteiger partial charge in [-0.25, -0.2) is 0 Å². The van der Waals surface area contributed by atoms with Crippen LogP contribution in [-0.2, 0) is 14.4 Å². The SMILES string of the molecule is COc1cccc(NC(=O)CN(C)C(=O)[C@@H]2CC(=O)N(C3CCCC3)C2)c1. The second-order valence-electron chi connectivity index (χ2n) is 7.36. The number of benzene rings is 1. The van der Waals surface area contributed by atoms with Gasteiger partial charge < -0.3 is 19.9 Å². The van der Waals surface area contributed by atoms with Crippen LogP contribution in [-0.4, -0.2) is 60.8 Å². The van der Waals surface area contributed by atoms with Crippen molar-refractivity contribution in [2.24, 2.45) is 5.92 Å². The molecule has 1 aliphatic heterocycles. The second-order valence-corrected chi connectivity index (χ2v) is 7.36. The number of nitrogens with zero attached hydrogens (tertiary/aromatic N) is 2. The summed E-state index contributed by atoms with van der Waals surface area (Å²) in [4.78, 5) is 40.5. The van der Waals surface area contributed by atoms with E-state index in [9.17, 15) is 14.4 Å². The molecule has 1 saturated carbocycles. The Morgan fingerprint density at radius 2 is 2.04 bits per heavy atom. The van der Waals surface area contributed by atoms with Gasteiger partial charge in [-0.15, -0.1) is 0 Å². The summed E-state index contributed by atoms with van der Waals surface area (Å²) in [7, 11) is 3.17. The van der Waals surface area contributed by atoms with Gasteiger partial charge in [0.25, 0.3) is 0 Å². The number of hydrogen-bond donors (Lipinski definition) is 1. The van der Waals surface area contributed by atoms with E-state index >= 15 is 0 Å². The van der Waals surface area contributed by atoms with Gasteiger partial charge in [-0.3, -0.25) is 14.4 Å². The van der Waals surface area contributed by atoms with Crippen molar-refractivity contribution in [1.82, 2.24) is 9.80 Å². The lowest BCUT2D eigenvalue weighted by atomic mass is 10.1. The largest absolute Gasteiger partial charge is 0.497 e. The maximum absolute atomic E-state index is 12.7. The summed E-state index contributed by atoms with van der Waals surface area (Å²) in [6.07, 6.45) is 4.61. The van der Waals surface area contributed by atoms with E-state index < -0.39 is 0 Å². The normalized spacial score (nSPS) is 20.0. The summed E-state index contributed by atoms with van der Waals surface area (Å²) >= 11 is 0. The van der Waals surface area contributed by atoms with Gasteiger partial charge in [-0.05, 0) is 25.0 Å². The quantitative estimate of drug-likeness (QED) is 0.826. The summed E-state index contributed by atoms with van der Waals surface area (Å²) in [6, 6.07) is 7.34. The Balaban J connectivity index is 1.52. The summed E-state index contributed by atoms with van der Waals surface area (Å²) in [5.41, 5.74) is 0.614. The standard InChI is InChI=1S/C20H27N3O4/c1-22(13-18(24)21-15-6-5-9-17(11-15)27-2)20(26)14-10-19(25)23(12-14)16-7-3-4-8-16/h5-6,9,11,14,16H,3-4,7-8,10,12-13H2,1-2H3,(H,21,24)/t14-/m1/s1. The highest BCUT2D eigenvalue weighted by molar-refractivity contribution is 5.96. The fourth-order valence-corrected chi connectivity index (χ4v) is 3.97. The number of amides is 3.